The second-order valence-corrected chi connectivity index (χ2v) is 5.85. The highest BCUT2D eigenvalue weighted by Crippen LogP contribution is 2.18. The van der Waals surface area contributed by atoms with Crippen LogP contribution in [0.15, 0.2) is 54.6 Å². The maximum atomic E-state index is 13.5. The molecular formula is C21H18FNO5. The highest BCUT2D eigenvalue weighted by atomic mass is 19.1. The average molecular weight is 383 g/mol. The van der Waals surface area contributed by atoms with Crippen LogP contribution in [0, 0.1) is 17.1 Å². The minimum absolute atomic E-state index is 0.0505. The molecule has 0 heterocycles. The van der Waals surface area contributed by atoms with E-state index in [1.54, 1.807) is 37.3 Å². The van der Waals surface area contributed by atoms with Gasteiger partial charge in [-0.15, -0.1) is 0 Å². The van der Waals surface area contributed by atoms with Crippen LogP contribution in [0.1, 0.15) is 24.5 Å². The number of hydrogen-bond acceptors (Lipinski definition) is 6. The highest BCUT2D eigenvalue weighted by molar-refractivity contribution is 5.86. The van der Waals surface area contributed by atoms with E-state index in [9.17, 15) is 14.0 Å². The second kappa shape index (κ2) is 9.88. The molecule has 0 aliphatic carbocycles. The van der Waals surface area contributed by atoms with E-state index in [-0.39, 0.29) is 30.1 Å². The number of rotatable bonds is 8. The van der Waals surface area contributed by atoms with Crippen molar-refractivity contribution in [1.29, 1.82) is 5.26 Å². The molecule has 144 valence electrons. The number of nitriles is 1. The van der Waals surface area contributed by atoms with Crippen molar-refractivity contribution in [2.45, 2.75) is 19.8 Å². The lowest BCUT2D eigenvalue weighted by molar-refractivity contribution is -0.145. The first kappa shape index (κ1) is 20.6. The molecule has 6 nitrogen and oxygen atoms in total. The van der Waals surface area contributed by atoms with Crippen LogP contribution in [0.25, 0.3) is 0 Å². The molecule has 0 radical (unpaired) electrons. The zero-order chi connectivity index (χ0) is 20.5. The Kier molecular flexibility index (Phi) is 7.28. The van der Waals surface area contributed by atoms with Gasteiger partial charge in [0.2, 0.25) is 6.79 Å². The first-order valence-electron chi connectivity index (χ1n) is 8.33. The summed E-state index contributed by atoms with van der Waals surface area (Å²) in [5.41, 5.74) is 1.04. The van der Waals surface area contributed by atoms with Gasteiger partial charge in [0.15, 0.2) is 0 Å². The van der Waals surface area contributed by atoms with E-state index in [1.165, 1.54) is 12.1 Å². The fraction of sp³-hybridized carbons (Fsp3) is 0.190. The van der Waals surface area contributed by atoms with E-state index in [4.69, 9.17) is 19.5 Å². The molecular weight excluding hydrogens is 365 g/mol. The van der Waals surface area contributed by atoms with E-state index in [0.29, 0.717) is 12.2 Å². The predicted octanol–water partition coefficient (Wildman–Crippen LogP) is 3.69. The zero-order valence-corrected chi connectivity index (χ0v) is 15.2. The molecule has 0 N–H and O–H groups in total. The molecule has 0 unspecified atom stereocenters. The lowest BCUT2D eigenvalue weighted by Crippen LogP contribution is -2.10. The van der Waals surface area contributed by atoms with E-state index in [2.05, 4.69) is 6.58 Å². The Morgan fingerprint density at radius 3 is 2.43 bits per heavy atom. The Labute approximate surface area is 161 Å². The summed E-state index contributed by atoms with van der Waals surface area (Å²) in [6, 6.07) is 12.2. The van der Waals surface area contributed by atoms with E-state index >= 15 is 0 Å². The third kappa shape index (κ3) is 6.25. The van der Waals surface area contributed by atoms with Gasteiger partial charge in [-0.25, -0.2) is 9.18 Å². The summed E-state index contributed by atoms with van der Waals surface area (Å²) in [4.78, 5) is 23.1. The summed E-state index contributed by atoms with van der Waals surface area (Å²) < 4.78 is 28.7. The predicted molar refractivity (Wildman–Crippen MR) is 97.9 cm³/mol. The highest BCUT2D eigenvalue weighted by Gasteiger charge is 2.09. The largest absolute Gasteiger partial charge is 0.457 e. The normalized spacial score (nSPS) is 9.89. The molecule has 2 rings (SSSR count). The molecule has 0 aromatic heterocycles. The fourth-order valence-electron chi connectivity index (χ4n) is 2.11. The third-order valence-corrected chi connectivity index (χ3v) is 3.60. The van der Waals surface area contributed by atoms with Crippen LogP contribution >= 0.6 is 0 Å². The molecule has 2 aromatic rings. The van der Waals surface area contributed by atoms with Crippen molar-refractivity contribution >= 4 is 11.9 Å². The van der Waals surface area contributed by atoms with Crippen molar-refractivity contribution in [2.24, 2.45) is 0 Å². The summed E-state index contributed by atoms with van der Waals surface area (Å²) in [6.07, 6.45) is 0.514. The SMILES string of the molecule is C=C(C)C(=O)OCOc1ccc(CCC(=O)Oc2ccc(C#N)c(F)c2)cc1. The summed E-state index contributed by atoms with van der Waals surface area (Å²) in [5, 5.41) is 8.68. The number of carbonyl (C=O) groups excluding carboxylic acids is 2. The van der Waals surface area contributed by atoms with E-state index in [1.807, 2.05) is 0 Å². The number of nitrogens with zero attached hydrogens (tertiary/aromatic N) is 1. The van der Waals surface area contributed by atoms with Crippen molar-refractivity contribution in [3.05, 3.63) is 71.6 Å². The van der Waals surface area contributed by atoms with Crippen LogP contribution in [0.4, 0.5) is 4.39 Å². The maximum absolute atomic E-state index is 13.5. The fourth-order valence-corrected chi connectivity index (χ4v) is 2.11. The number of esters is 2. The molecule has 28 heavy (non-hydrogen) atoms. The van der Waals surface area contributed by atoms with Gasteiger partial charge in [-0.1, -0.05) is 18.7 Å². The molecule has 0 saturated carbocycles. The van der Waals surface area contributed by atoms with Crippen LogP contribution in [0.2, 0.25) is 0 Å². The Morgan fingerprint density at radius 2 is 1.82 bits per heavy atom. The molecule has 7 heteroatoms. The van der Waals surface area contributed by atoms with Crippen molar-refractivity contribution < 1.29 is 28.2 Å². The number of hydrogen-bond donors (Lipinski definition) is 0. The minimum Gasteiger partial charge on any atom is -0.457 e. The molecule has 0 amide bonds. The average Bonchev–Trinajstić information content (AvgIpc) is 2.67. The van der Waals surface area contributed by atoms with E-state index < -0.39 is 17.8 Å². The minimum atomic E-state index is -0.739. The van der Waals surface area contributed by atoms with Crippen LogP contribution in [0.5, 0.6) is 11.5 Å². The number of aryl methyl sites for hydroxylation is 1. The van der Waals surface area contributed by atoms with Gasteiger partial charge in [-0.3, -0.25) is 4.79 Å². The lowest BCUT2D eigenvalue weighted by Gasteiger charge is -2.08. The number of ether oxygens (including phenoxy) is 3. The quantitative estimate of drug-likeness (QED) is 0.299. The lowest BCUT2D eigenvalue weighted by atomic mass is 10.1. The van der Waals surface area contributed by atoms with Gasteiger partial charge in [-0.2, -0.15) is 5.26 Å². The summed E-state index contributed by atoms with van der Waals surface area (Å²) in [6.45, 7) is 4.78. The summed E-state index contributed by atoms with van der Waals surface area (Å²) in [5.74, 6) is -1.23. The van der Waals surface area contributed by atoms with Gasteiger partial charge in [0, 0.05) is 18.1 Å². The Bertz CT molecular complexity index is 915. The topological polar surface area (TPSA) is 85.6 Å². The van der Waals surface area contributed by atoms with Gasteiger partial charge in [-0.05, 0) is 43.2 Å². The molecule has 0 aliphatic rings. The van der Waals surface area contributed by atoms with Crippen LogP contribution in [-0.4, -0.2) is 18.7 Å². The van der Waals surface area contributed by atoms with Gasteiger partial charge in [0.1, 0.15) is 23.4 Å². The zero-order valence-electron chi connectivity index (χ0n) is 15.2. The second-order valence-electron chi connectivity index (χ2n) is 5.85. The van der Waals surface area contributed by atoms with Crippen molar-refractivity contribution in [2.75, 3.05) is 6.79 Å². The molecule has 0 saturated heterocycles. The van der Waals surface area contributed by atoms with Gasteiger partial charge in [0.25, 0.3) is 0 Å². The number of benzene rings is 2. The summed E-state index contributed by atoms with van der Waals surface area (Å²) in [7, 11) is 0. The monoisotopic (exact) mass is 383 g/mol. The third-order valence-electron chi connectivity index (χ3n) is 3.60. The molecule has 0 atom stereocenters. The Morgan fingerprint density at radius 1 is 1.14 bits per heavy atom. The van der Waals surface area contributed by atoms with Crippen molar-refractivity contribution in [3.8, 4) is 17.6 Å². The molecule has 0 fully saturated rings. The molecule has 0 spiro atoms. The first-order valence-corrected chi connectivity index (χ1v) is 8.33. The Balaban J connectivity index is 1.78. The van der Waals surface area contributed by atoms with E-state index in [0.717, 1.165) is 11.6 Å². The van der Waals surface area contributed by atoms with Crippen LogP contribution in [0.3, 0.4) is 0 Å². The first-order chi connectivity index (χ1) is 13.4. The Hall–Kier alpha value is -3.66. The van der Waals surface area contributed by atoms with Crippen molar-refractivity contribution in [1.82, 2.24) is 0 Å². The molecule has 2 aromatic carbocycles. The maximum Gasteiger partial charge on any atom is 0.335 e. The molecule has 0 aliphatic heterocycles. The number of carbonyl (C=O) groups is 2. The summed E-state index contributed by atoms with van der Waals surface area (Å²) >= 11 is 0. The smallest absolute Gasteiger partial charge is 0.335 e. The van der Waals surface area contributed by atoms with Crippen molar-refractivity contribution in [3.63, 3.8) is 0 Å². The molecule has 0 bridgehead atoms. The van der Waals surface area contributed by atoms with Crippen LogP contribution in [-0.2, 0) is 20.7 Å². The standard InChI is InChI=1S/C21H18FNO5/c1-14(2)21(25)27-13-26-17-7-3-15(4-8-17)5-10-20(24)28-18-9-6-16(12-23)19(22)11-18/h3-4,6-9,11H,1,5,10,13H2,2H3. The van der Waals surface area contributed by atoms with Crippen LogP contribution < -0.4 is 9.47 Å². The van der Waals surface area contributed by atoms with Gasteiger partial charge < -0.3 is 14.2 Å². The van der Waals surface area contributed by atoms with Gasteiger partial charge in [0.05, 0.1) is 5.56 Å². The number of halogens is 1. The van der Waals surface area contributed by atoms with Gasteiger partial charge >= 0.3 is 11.9 Å².